The van der Waals surface area contributed by atoms with Crippen molar-refractivity contribution in [3.05, 3.63) is 35.4 Å². The molecule has 6 heteroatoms. The summed E-state index contributed by atoms with van der Waals surface area (Å²) in [4.78, 5) is 4.85. The molecule has 2 aliphatic rings. The van der Waals surface area contributed by atoms with E-state index in [1.54, 1.807) is 6.07 Å². The molecule has 2 saturated heterocycles. The van der Waals surface area contributed by atoms with Crippen LogP contribution in [0.5, 0.6) is 0 Å². The predicted molar refractivity (Wildman–Crippen MR) is 81.7 cm³/mol. The monoisotopic (exact) mass is 317 g/mol. The lowest BCUT2D eigenvalue weighted by atomic mass is 10.1. The van der Waals surface area contributed by atoms with Crippen LogP contribution in [-0.4, -0.2) is 55.1 Å². The zero-order valence-corrected chi connectivity index (χ0v) is 12.8. The Hall–Kier alpha value is -0.750. The van der Waals surface area contributed by atoms with Crippen molar-refractivity contribution in [2.24, 2.45) is 0 Å². The van der Waals surface area contributed by atoms with Crippen molar-refractivity contribution in [2.75, 3.05) is 39.3 Å². The van der Waals surface area contributed by atoms with Gasteiger partial charge in [-0.25, -0.2) is 8.78 Å². The lowest BCUT2D eigenvalue weighted by molar-refractivity contribution is 0.0980. The Labute approximate surface area is 130 Å². The highest BCUT2D eigenvalue weighted by molar-refractivity contribution is 5.85. The van der Waals surface area contributed by atoms with Crippen LogP contribution < -0.4 is 5.32 Å². The van der Waals surface area contributed by atoms with Crippen molar-refractivity contribution in [3.63, 3.8) is 0 Å². The Balaban J connectivity index is 0.00000161. The van der Waals surface area contributed by atoms with Crippen LogP contribution in [0.15, 0.2) is 18.2 Å². The molecule has 1 atom stereocenters. The number of hydrogen-bond donors (Lipinski definition) is 1. The molecule has 3 rings (SSSR count). The molecule has 1 aromatic carbocycles. The standard InChI is InChI=1S/C15H21F2N3.ClH/c16-14-2-1-12(9-15(14)17)11-19-5-7-20(8-6-19)13-3-4-18-10-13;/h1-2,9,13,18H,3-8,10-11H2;1H. The summed E-state index contributed by atoms with van der Waals surface area (Å²) in [6, 6.07) is 4.87. The molecular formula is C15H22ClF2N3. The van der Waals surface area contributed by atoms with E-state index in [0.29, 0.717) is 12.6 Å². The molecule has 3 nitrogen and oxygen atoms in total. The maximum absolute atomic E-state index is 13.2. The van der Waals surface area contributed by atoms with E-state index in [4.69, 9.17) is 0 Å². The minimum absolute atomic E-state index is 0. The number of piperazine rings is 1. The summed E-state index contributed by atoms with van der Waals surface area (Å²) < 4.78 is 26.1. The Kier molecular flexibility index (Phi) is 5.93. The van der Waals surface area contributed by atoms with Crippen LogP contribution in [0.1, 0.15) is 12.0 Å². The molecule has 0 aliphatic carbocycles. The maximum Gasteiger partial charge on any atom is 0.159 e. The van der Waals surface area contributed by atoms with Crippen LogP contribution in [0.2, 0.25) is 0 Å². The quantitative estimate of drug-likeness (QED) is 0.918. The SMILES string of the molecule is Cl.Fc1ccc(CN2CCN(C3CCNC3)CC2)cc1F. The average Bonchev–Trinajstić information content (AvgIpc) is 2.98. The number of halogens is 3. The topological polar surface area (TPSA) is 18.5 Å². The highest BCUT2D eigenvalue weighted by Crippen LogP contribution is 2.15. The van der Waals surface area contributed by atoms with E-state index in [1.165, 1.54) is 18.6 Å². The molecule has 2 fully saturated rings. The van der Waals surface area contributed by atoms with E-state index in [0.717, 1.165) is 44.8 Å². The van der Waals surface area contributed by atoms with Gasteiger partial charge < -0.3 is 5.32 Å². The van der Waals surface area contributed by atoms with Gasteiger partial charge in [-0.3, -0.25) is 9.80 Å². The van der Waals surface area contributed by atoms with E-state index in [2.05, 4.69) is 15.1 Å². The second kappa shape index (κ2) is 7.49. The largest absolute Gasteiger partial charge is 0.315 e. The Bertz CT molecular complexity index is 458. The maximum atomic E-state index is 13.2. The number of nitrogens with zero attached hydrogens (tertiary/aromatic N) is 2. The summed E-state index contributed by atoms with van der Waals surface area (Å²) in [6.07, 6.45) is 1.24. The van der Waals surface area contributed by atoms with Gasteiger partial charge >= 0.3 is 0 Å². The first-order valence-electron chi connectivity index (χ1n) is 7.33. The number of rotatable bonds is 3. The molecule has 2 heterocycles. The Morgan fingerprint density at radius 3 is 2.48 bits per heavy atom. The number of nitrogens with one attached hydrogen (secondary N) is 1. The molecule has 0 aromatic heterocycles. The second-order valence-corrected chi connectivity index (χ2v) is 5.71. The van der Waals surface area contributed by atoms with Crippen molar-refractivity contribution in [1.29, 1.82) is 0 Å². The zero-order chi connectivity index (χ0) is 13.9. The van der Waals surface area contributed by atoms with Crippen molar-refractivity contribution in [2.45, 2.75) is 19.0 Å². The van der Waals surface area contributed by atoms with E-state index < -0.39 is 11.6 Å². The molecule has 0 radical (unpaired) electrons. The van der Waals surface area contributed by atoms with Gasteiger partial charge in [0.25, 0.3) is 0 Å². The van der Waals surface area contributed by atoms with Crippen molar-refractivity contribution in [1.82, 2.24) is 15.1 Å². The van der Waals surface area contributed by atoms with Gasteiger partial charge in [-0.1, -0.05) is 6.07 Å². The minimum atomic E-state index is -0.771. The summed E-state index contributed by atoms with van der Waals surface area (Å²) in [5, 5.41) is 3.40. The van der Waals surface area contributed by atoms with Gasteiger partial charge in [0.1, 0.15) is 0 Å². The third kappa shape index (κ3) is 4.13. The molecule has 118 valence electrons. The van der Waals surface area contributed by atoms with Crippen molar-refractivity contribution < 1.29 is 8.78 Å². The van der Waals surface area contributed by atoms with Crippen LogP contribution in [0.3, 0.4) is 0 Å². The summed E-state index contributed by atoms with van der Waals surface area (Å²) in [7, 11) is 0. The van der Waals surface area contributed by atoms with E-state index in [9.17, 15) is 8.78 Å². The number of benzene rings is 1. The highest BCUT2D eigenvalue weighted by Gasteiger charge is 2.25. The molecule has 0 bridgehead atoms. The van der Waals surface area contributed by atoms with Gasteiger partial charge in [0.15, 0.2) is 11.6 Å². The Morgan fingerprint density at radius 2 is 1.86 bits per heavy atom. The van der Waals surface area contributed by atoms with Crippen molar-refractivity contribution in [3.8, 4) is 0 Å². The zero-order valence-electron chi connectivity index (χ0n) is 12.0. The van der Waals surface area contributed by atoms with E-state index in [1.807, 2.05) is 0 Å². The van der Waals surface area contributed by atoms with Gasteiger partial charge in [-0.05, 0) is 30.7 Å². The average molecular weight is 318 g/mol. The smallest absolute Gasteiger partial charge is 0.159 e. The molecule has 0 amide bonds. The molecule has 0 saturated carbocycles. The summed E-state index contributed by atoms with van der Waals surface area (Å²) in [6.45, 7) is 7.05. The lowest BCUT2D eigenvalue weighted by Crippen LogP contribution is -2.50. The van der Waals surface area contributed by atoms with E-state index >= 15 is 0 Å². The van der Waals surface area contributed by atoms with Crippen LogP contribution in [-0.2, 0) is 6.54 Å². The molecule has 21 heavy (non-hydrogen) atoms. The third-order valence-corrected chi connectivity index (χ3v) is 4.35. The lowest BCUT2D eigenvalue weighted by Gasteiger charge is -2.37. The summed E-state index contributed by atoms with van der Waals surface area (Å²) >= 11 is 0. The molecule has 2 aliphatic heterocycles. The molecule has 0 spiro atoms. The highest BCUT2D eigenvalue weighted by atomic mass is 35.5. The van der Waals surface area contributed by atoms with Gasteiger partial charge in [-0.2, -0.15) is 0 Å². The van der Waals surface area contributed by atoms with Crippen LogP contribution in [0.25, 0.3) is 0 Å². The van der Waals surface area contributed by atoms with Gasteiger partial charge in [-0.15, -0.1) is 12.4 Å². The fourth-order valence-electron chi connectivity index (χ4n) is 3.13. The van der Waals surface area contributed by atoms with Crippen LogP contribution in [0.4, 0.5) is 8.78 Å². The molecular weight excluding hydrogens is 296 g/mol. The Morgan fingerprint density at radius 1 is 1.10 bits per heavy atom. The fraction of sp³-hybridized carbons (Fsp3) is 0.600. The van der Waals surface area contributed by atoms with Crippen LogP contribution >= 0.6 is 12.4 Å². The van der Waals surface area contributed by atoms with E-state index in [-0.39, 0.29) is 12.4 Å². The van der Waals surface area contributed by atoms with Gasteiger partial charge in [0, 0.05) is 45.3 Å². The first kappa shape index (κ1) is 16.6. The molecule has 1 aromatic rings. The third-order valence-electron chi connectivity index (χ3n) is 4.35. The van der Waals surface area contributed by atoms with Crippen molar-refractivity contribution >= 4 is 12.4 Å². The second-order valence-electron chi connectivity index (χ2n) is 5.71. The summed E-state index contributed by atoms with van der Waals surface area (Å²) in [5.74, 6) is -1.52. The molecule has 1 N–H and O–H groups in total. The van der Waals surface area contributed by atoms with Gasteiger partial charge in [0.05, 0.1) is 0 Å². The summed E-state index contributed by atoms with van der Waals surface area (Å²) in [5.41, 5.74) is 0.847. The normalized spacial score (nSPS) is 24.0. The fourth-order valence-corrected chi connectivity index (χ4v) is 3.13. The number of hydrogen-bond acceptors (Lipinski definition) is 3. The minimum Gasteiger partial charge on any atom is -0.315 e. The first-order valence-corrected chi connectivity index (χ1v) is 7.33. The van der Waals surface area contributed by atoms with Gasteiger partial charge in [0.2, 0.25) is 0 Å². The molecule has 1 unspecified atom stereocenters. The first-order chi connectivity index (χ1) is 9.72. The van der Waals surface area contributed by atoms with Crippen LogP contribution in [0, 0.1) is 11.6 Å². The predicted octanol–water partition coefficient (Wildman–Crippen LogP) is 1.87.